The summed E-state index contributed by atoms with van der Waals surface area (Å²) in [5.41, 5.74) is 0. The average Bonchev–Trinajstić information content (AvgIpc) is 2.24. The van der Waals surface area contributed by atoms with Crippen LogP contribution < -0.4 is 5.32 Å². The summed E-state index contributed by atoms with van der Waals surface area (Å²) in [4.78, 5) is 11.1. The lowest BCUT2D eigenvalue weighted by Gasteiger charge is -2.06. The second-order valence-electron chi connectivity index (χ2n) is 2.70. The first-order valence-electron chi connectivity index (χ1n) is 4.78. The van der Waals surface area contributed by atoms with Gasteiger partial charge < -0.3 is 19.5 Å². The molecule has 90 valence electrons. The summed E-state index contributed by atoms with van der Waals surface area (Å²) in [6.45, 7) is 2.70. The molecule has 0 rings (SSSR count). The predicted octanol–water partition coefficient (Wildman–Crippen LogP) is 0.177. The summed E-state index contributed by atoms with van der Waals surface area (Å²) in [5, 5.41) is 3.48. The van der Waals surface area contributed by atoms with Crippen LogP contribution in [0.4, 0.5) is 0 Å². The molecule has 0 unspecified atom stereocenters. The summed E-state index contributed by atoms with van der Waals surface area (Å²) in [6, 6.07) is 0. The molecule has 0 atom stereocenters. The highest BCUT2D eigenvalue weighted by molar-refractivity contribution is 9.09. The molecule has 0 aliphatic heterocycles. The number of amides is 1. The molecular weight excluding hydrogens is 266 g/mol. The molecule has 1 N–H and O–H groups in total. The fourth-order valence-electron chi connectivity index (χ4n) is 0.777. The number of hydrogen-bond donors (Lipinski definition) is 1. The molecule has 0 fully saturated rings. The summed E-state index contributed by atoms with van der Waals surface area (Å²) >= 11 is 3.24. The molecule has 15 heavy (non-hydrogen) atoms. The Morgan fingerprint density at radius 3 is 2.67 bits per heavy atom. The number of rotatable bonds is 10. The highest BCUT2D eigenvalue weighted by Gasteiger charge is 1.99. The molecule has 0 heterocycles. The van der Waals surface area contributed by atoms with Crippen molar-refractivity contribution in [2.45, 2.75) is 0 Å². The first kappa shape index (κ1) is 14.8. The van der Waals surface area contributed by atoms with Crippen LogP contribution in [-0.2, 0) is 19.0 Å². The molecule has 0 saturated carbocycles. The first-order chi connectivity index (χ1) is 7.31. The molecule has 1 amide bonds. The van der Waals surface area contributed by atoms with Crippen molar-refractivity contribution in [2.24, 2.45) is 0 Å². The number of halogens is 1. The third-order valence-electron chi connectivity index (χ3n) is 1.46. The standard InChI is InChI=1S/C9H18BrNO4/c1-13-6-7-15-8-9(12)11-3-5-14-4-2-10/h2-8H2,1H3,(H,11,12). The zero-order valence-electron chi connectivity index (χ0n) is 8.96. The van der Waals surface area contributed by atoms with Gasteiger partial charge in [-0.2, -0.15) is 0 Å². The van der Waals surface area contributed by atoms with E-state index in [-0.39, 0.29) is 12.5 Å². The lowest BCUT2D eigenvalue weighted by molar-refractivity contribution is -0.126. The van der Waals surface area contributed by atoms with Gasteiger partial charge >= 0.3 is 0 Å². The zero-order chi connectivity index (χ0) is 11.4. The van der Waals surface area contributed by atoms with E-state index in [1.807, 2.05) is 0 Å². The molecule has 0 aliphatic rings. The number of hydrogen-bond acceptors (Lipinski definition) is 4. The van der Waals surface area contributed by atoms with Crippen LogP contribution in [0.2, 0.25) is 0 Å². The Morgan fingerprint density at radius 1 is 1.20 bits per heavy atom. The molecular formula is C9H18BrNO4. The van der Waals surface area contributed by atoms with Gasteiger partial charge in [-0.25, -0.2) is 0 Å². The SMILES string of the molecule is COCCOCC(=O)NCCOCCBr. The third-order valence-corrected chi connectivity index (χ3v) is 1.78. The van der Waals surface area contributed by atoms with E-state index in [4.69, 9.17) is 14.2 Å². The highest BCUT2D eigenvalue weighted by Crippen LogP contribution is 1.81. The fraction of sp³-hybridized carbons (Fsp3) is 0.889. The van der Waals surface area contributed by atoms with E-state index < -0.39 is 0 Å². The second kappa shape index (κ2) is 11.9. The van der Waals surface area contributed by atoms with Gasteiger partial charge in [0.25, 0.3) is 0 Å². The van der Waals surface area contributed by atoms with E-state index in [9.17, 15) is 4.79 Å². The maximum absolute atomic E-state index is 11.1. The third kappa shape index (κ3) is 11.8. The Morgan fingerprint density at radius 2 is 2.00 bits per heavy atom. The van der Waals surface area contributed by atoms with Gasteiger partial charge in [-0.15, -0.1) is 0 Å². The Kier molecular flexibility index (Phi) is 11.8. The number of ether oxygens (including phenoxy) is 3. The maximum atomic E-state index is 11.1. The van der Waals surface area contributed by atoms with Gasteiger partial charge in [0, 0.05) is 19.0 Å². The van der Waals surface area contributed by atoms with Crippen molar-refractivity contribution >= 4 is 21.8 Å². The van der Waals surface area contributed by atoms with Crippen molar-refractivity contribution in [3.8, 4) is 0 Å². The van der Waals surface area contributed by atoms with Gasteiger partial charge in [-0.3, -0.25) is 4.79 Å². The molecule has 0 spiro atoms. The minimum Gasteiger partial charge on any atom is -0.382 e. The molecule has 0 saturated heterocycles. The van der Waals surface area contributed by atoms with Gasteiger partial charge in [0.15, 0.2) is 0 Å². The van der Waals surface area contributed by atoms with Gasteiger partial charge in [-0.05, 0) is 0 Å². The van der Waals surface area contributed by atoms with E-state index >= 15 is 0 Å². The smallest absolute Gasteiger partial charge is 0.246 e. The summed E-state index contributed by atoms with van der Waals surface area (Å²) < 4.78 is 15.0. The van der Waals surface area contributed by atoms with E-state index in [2.05, 4.69) is 21.2 Å². The van der Waals surface area contributed by atoms with Crippen LogP contribution in [0.3, 0.4) is 0 Å². The summed E-state index contributed by atoms with van der Waals surface area (Å²) in [6.07, 6.45) is 0. The Labute approximate surface area is 98.6 Å². The topological polar surface area (TPSA) is 56.8 Å². The average molecular weight is 284 g/mol. The van der Waals surface area contributed by atoms with Crippen LogP contribution in [0.15, 0.2) is 0 Å². The monoisotopic (exact) mass is 283 g/mol. The van der Waals surface area contributed by atoms with Gasteiger partial charge in [-0.1, -0.05) is 15.9 Å². The van der Waals surface area contributed by atoms with Crippen molar-refractivity contribution < 1.29 is 19.0 Å². The zero-order valence-corrected chi connectivity index (χ0v) is 10.5. The molecule has 0 bridgehead atoms. The van der Waals surface area contributed by atoms with Gasteiger partial charge in [0.05, 0.1) is 26.4 Å². The molecule has 6 heteroatoms. The van der Waals surface area contributed by atoms with Crippen LogP contribution in [0.5, 0.6) is 0 Å². The molecule has 0 aromatic carbocycles. The Hall–Kier alpha value is -0.170. The normalized spacial score (nSPS) is 10.3. The van der Waals surface area contributed by atoms with Crippen molar-refractivity contribution in [3.05, 3.63) is 0 Å². The number of alkyl halides is 1. The molecule has 0 radical (unpaired) electrons. The minimum absolute atomic E-state index is 0.0712. The number of carbonyl (C=O) groups is 1. The van der Waals surface area contributed by atoms with E-state index in [1.165, 1.54) is 0 Å². The van der Waals surface area contributed by atoms with E-state index in [0.29, 0.717) is 33.0 Å². The lowest BCUT2D eigenvalue weighted by Crippen LogP contribution is -2.31. The maximum Gasteiger partial charge on any atom is 0.246 e. The first-order valence-corrected chi connectivity index (χ1v) is 5.90. The van der Waals surface area contributed by atoms with Crippen molar-refractivity contribution in [1.29, 1.82) is 0 Å². The van der Waals surface area contributed by atoms with Crippen LogP contribution in [0.25, 0.3) is 0 Å². The van der Waals surface area contributed by atoms with Crippen LogP contribution in [0, 0.1) is 0 Å². The Balaban J connectivity index is 3.11. The molecule has 5 nitrogen and oxygen atoms in total. The number of carbonyl (C=O) groups excluding carboxylic acids is 1. The van der Waals surface area contributed by atoms with Crippen molar-refractivity contribution in [2.75, 3.05) is 52.0 Å². The molecule has 0 aromatic rings. The predicted molar refractivity (Wildman–Crippen MR) is 60.3 cm³/mol. The van der Waals surface area contributed by atoms with Crippen molar-refractivity contribution in [1.82, 2.24) is 5.32 Å². The lowest BCUT2D eigenvalue weighted by atomic mass is 10.6. The van der Waals surface area contributed by atoms with Crippen LogP contribution in [-0.4, -0.2) is 57.9 Å². The molecule has 0 aromatic heterocycles. The van der Waals surface area contributed by atoms with E-state index in [0.717, 1.165) is 5.33 Å². The number of methoxy groups -OCH3 is 1. The Bertz CT molecular complexity index is 157. The highest BCUT2D eigenvalue weighted by atomic mass is 79.9. The summed E-state index contributed by atoms with van der Waals surface area (Å²) in [5.74, 6) is -0.131. The number of nitrogens with one attached hydrogen (secondary N) is 1. The second-order valence-corrected chi connectivity index (χ2v) is 3.49. The summed E-state index contributed by atoms with van der Waals surface area (Å²) in [7, 11) is 1.59. The van der Waals surface area contributed by atoms with Gasteiger partial charge in [0.1, 0.15) is 6.61 Å². The fourth-order valence-corrected chi connectivity index (χ4v) is 1.01. The van der Waals surface area contributed by atoms with Crippen LogP contribution >= 0.6 is 15.9 Å². The van der Waals surface area contributed by atoms with Crippen molar-refractivity contribution in [3.63, 3.8) is 0 Å². The molecule has 0 aliphatic carbocycles. The van der Waals surface area contributed by atoms with Crippen LogP contribution in [0.1, 0.15) is 0 Å². The minimum atomic E-state index is -0.131. The van der Waals surface area contributed by atoms with E-state index in [1.54, 1.807) is 7.11 Å². The van der Waals surface area contributed by atoms with Gasteiger partial charge in [0.2, 0.25) is 5.91 Å². The quantitative estimate of drug-likeness (QED) is 0.459. The largest absolute Gasteiger partial charge is 0.382 e.